The molecule has 0 spiro atoms. The van der Waals surface area contributed by atoms with Crippen LogP contribution in [0.3, 0.4) is 0 Å². The lowest BCUT2D eigenvalue weighted by atomic mass is 10.1. The third kappa shape index (κ3) is 4.80. The van der Waals surface area contributed by atoms with E-state index in [1.54, 1.807) is 0 Å². The van der Waals surface area contributed by atoms with Gasteiger partial charge in [-0.2, -0.15) is 0 Å². The Morgan fingerprint density at radius 1 is 1.54 bits per heavy atom. The van der Waals surface area contributed by atoms with E-state index in [1.165, 1.54) is 6.92 Å². The Morgan fingerprint density at radius 2 is 2.08 bits per heavy atom. The molecule has 5 heteroatoms. The molecule has 0 bridgehead atoms. The Hall–Kier alpha value is -0.680. The van der Waals surface area contributed by atoms with Gasteiger partial charge in [0, 0.05) is 11.3 Å². The van der Waals surface area contributed by atoms with E-state index >= 15 is 0 Å². The lowest BCUT2D eigenvalue weighted by Crippen LogP contribution is -2.04. The van der Waals surface area contributed by atoms with Gasteiger partial charge in [-0.1, -0.05) is 23.6 Å². The van der Waals surface area contributed by atoms with Gasteiger partial charge in [0.05, 0.1) is 0 Å². The zero-order valence-corrected chi connectivity index (χ0v) is 8.52. The zero-order chi connectivity index (χ0) is 10.4. The number of carboxylic acids is 1. The van der Waals surface area contributed by atoms with Crippen molar-refractivity contribution in [3.63, 3.8) is 0 Å². The Bertz CT molecular complexity index is 245. The predicted molar refractivity (Wildman–Crippen MR) is 49.0 cm³/mol. The summed E-state index contributed by atoms with van der Waals surface area (Å²) >= 11 is -2.09. The minimum Gasteiger partial charge on any atom is -0.772 e. The molecule has 0 saturated heterocycles. The van der Waals surface area contributed by atoms with Gasteiger partial charge < -0.3 is 9.66 Å². The van der Waals surface area contributed by atoms with Crippen LogP contribution in [-0.2, 0) is 15.9 Å². The summed E-state index contributed by atoms with van der Waals surface area (Å²) in [6, 6.07) is 0. The molecule has 0 radical (unpaired) electrons. The first-order valence-electron chi connectivity index (χ1n) is 3.96. The van der Waals surface area contributed by atoms with E-state index < -0.39 is 17.0 Å². The molecular formula is C8H13O4S-. The molecule has 0 aromatic carbocycles. The summed E-state index contributed by atoms with van der Waals surface area (Å²) in [7, 11) is 0. The molecule has 0 aliphatic carbocycles. The van der Waals surface area contributed by atoms with E-state index in [-0.39, 0.29) is 11.3 Å². The highest BCUT2D eigenvalue weighted by atomic mass is 32.2. The van der Waals surface area contributed by atoms with Crippen molar-refractivity contribution in [2.75, 3.05) is 5.75 Å². The first kappa shape index (κ1) is 12.3. The van der Waals surface area contributed by atoms with E-state index in [1.807, 2.05) is 6.92 Å². The summed E-state index contributed by atoms with van der Waals surface area (Å²) < 4.78 is 20.5. The van der Waals surface area contributed by atoms with Crippen molar-refractivity contribution in [2.24, 2.45) is 0 Å². The van der Waals surface area contributed by atoms with Gasteiger partial charge in [0.15, 0.2) is 0 Å². The van der Waals surface area contributed by atoms with Crippen LogP contribution in [-0.4, -0.2) is 25.6 Å². The van der Waals surface area contributed by atoms with Crippen LogP contribution in [0, 0.1) is 0 Å². The molecule has 0 aromatic heterocycles. The maximum Gasteiger partial charge on any atom is 0.331 e. The first-order chi connectivity index (χ1) is 5.99. The van der Waals surface area contributed by atoms with Gasteiger partial charge in [-0.25, -0.2) is 4.79 Å². The maximum atomic E-state index is 10.5. The average Bonchev–Trinajstić information content (AvgIpc) is 2.04. The van der Waals surface area contributed by atoms with Gasteiger partial charge in [0.1, 0.15) is 0 Å². The minimum absolute atomic E-state index is 0.00616. The molecule has 0 aliphatic heterocycles. The van der Waals surface area contributed by atoms with Gasteiger partial charge in [-0.3, -0.25) is 4.21 Å². The maximum absolute atomic E-state index is 10.5. The van der Waals surface area contributed by atoms with Crippen LogP contribution >= 0.6 is 0 Å². The van der Waals surface area contributed by atoms with Crippen molar-refractivity contribution >= 4 is 17.0 Å². The van der Waals surface area contributed by atoms with E-state index in [2.05, 4.69) is 0 Å². The quantitative estimate of drug-likeness (QED) is 0.538. The summed E-state index contributed by atoms with van der Waals surface area (Å²) in [5.41, 5.74) is 0.949. The fourth-order valence-electron chi connectivity index (χ4n) is 0.987. The fraction of sp³-hybridized carbons (Fsp3) is 0.625. The number of hydrogen-bond donors (Lipinski definition) is 1. The topological polar surface area (TPSA) is 77.4 Å². The molecule has 0 rings (SSSR count). The van der Waals surface area contributed by atoms with Gasteiger partial charge in [0.25, 0.3) is 0 Å². The Kier molecular flexibility index (Phi) is 5.57. The first-order valence-corrected chi connectivity index (χ1v) is 5.21. The number of hydrogen-bond acceptors (Lipinski definition) is 3. The monoisotopic (exact) mass is 205 g/mol. The highest BCUT2D eigenvalue weighted by Crippen LogP contribution is 2.13. The minimum atomic E-state index is -2.09. The van der Waals surface area contributed by atoms with Crippen LogP contribution in [0.15, 0.2) is 11.1 Å². The van der Waals surface area contributed by atoms with Gasteiger partial charge in [-0.05, 0) is 19.8 Å². The van der Waals surface area contributed by atoms with Crippen molar-refractivity contribution in [3.8, 4) is 0 Å². The largest absolute Gasteiger partial charge is 0.772 e. The van der Waals surface area contributed by atoms with Crippen LogP contribution in [0.2, 0.25) is 0 Å². The smallest absolute Gasteiger partial charge is 0.331 e. The van der Waals surface area contributed by atoms with Crippen LogP contribution in [0.5, 0.6) is 0 Å². The van der Waals surface area contributed by atoms with E-state index in [0.717, 1.165) is 0 Å². The molecule has 1 atom stereocenters. The second-order valence-corrected chi connectivity index (χ2v) is 3.66. The summed E-state index contributed by atoms with van der Waals surface area (Å²) in [6.45, 7) is 3.31. The molecule has 1 unspecified atom stereocenters. The highest BCUT2D eigenvalue weighted by molar-refractivity contribution is 7.79. The standard InChI is InChI=1S/C8H14O4S/c1-3-7(4-5-13(11)12)6(2)8(9)10/h3-5H2,1-2H3,(H,9,10)(H,11,12)/p-1. The predicted octanol–water partition coefficient (Wildman–Crippen LogP) is 1.07. The lowest BCUT2D eigenvalue weighted by Gasteiger charge is -2.08. The molecule has 4 nitrogen and oxygen atoms in total. The number of allylic oxidation sites excluding steroid dienone is 1. The normalized spacial score (nSPS) is 15.0. The van der Waals surface area contributed by atoms with Crippen molar-refractivity contribution in [2.45, 2.75) is 26.7 Å². The van der Waals surface area contributed by atoms with Crippen LogP contribution in [0.1, 0.15) is 26.7 Å². The van der Waals surface area contributed by atoms with E-state index in [9.17, 15) is 13.6 Å². The van der Waals surface area contributed by atoms with Crippen LogP contribution < -0.4 is 0 Å². The highest BCUT2D eigenvalue weighted by Gasteiger charge is 2.06. The zero-order valence-electron chi connectivity index (χ0n) is 7.70. The van der Waals surface area contributed by atoms with Gasteiger partial charge in [-0.15, -0.1) is 0 Å². The molecule has 0 saturated carbocycles. The summed E-state index contributed by atoms with van der Waals surface area (Å²) in [5.74, 6) is -0.984. The Labute approximate surface area is 79.9 Å². The van der Waals surface area contributed by atoms with Crippen LogP contribution in [0.4, 0.5) is 0 Å². The second kappa shape index (κ2) is 5.88. The summed E-state index contributed by atoms with van der Waals surface area (Å²) in [4.78, 5) is 10.5. The third-order valence-electron chi connectivity index (χ3n) is 1.85. The van der Waals surface area contributed by atoms with Gasteiger partial charge >= 0.3 is 5.97 Å². The molecule has 0 heterocycles. The average molecular weight is 205 g/mol. The molecule has 1 N–H and O–H groups in total. The SMILES string of the molecule is CCC(CCS(=O)[O-])=C(C)C(=O)O. The number of carboxylic acid groups (broad SMARTS) is 1. The number of rotatable bonds is 5. The fourth-order valence-corrected chi connectivity index (χ4v) is 1.40. The van der Waals surface area contributed by atoms with Crippen molar-refractivity contribution < 1.29 is 18.7 Å². The summed E-state index contributed by atoms with van der Waals surface area (Å²) in [5, 5.41) is 8.64. The Balaban J connectivity index is 4.41. The molecule has 0 aromatic rings. The van der Waals surface area contributed by atoms with Crippen molar-refractivity contribution in [3.05, 3.63) is 11.1 Å². The molecular weight excluding hydrogens is 192 g/mol. The number of aliphatic carboxylic acids is 1. The van der Waals surface area contributed by atoms with Crippen molar-refractivity contribution in [1.29, 1.82) is 0 Å². The van der Waals surface area contributed by atoms with Gasteiger partial charge in [0.2, 0.25) is 0 Å². The lowest BCUT2D eigenvalue weighted by molar-refractivity contribution is -0.132. The van der Waals surface area contributed by atoms with E-state index in [4.69, 9.17) is 5.11 Å². The Morgan fingerprint density at radius 3 is 2.38 bits per heavy atom. The van der Waals surface area contributed by atoms with E-state index in [0.29, 0.717) is 18.4 Å². The molecule has 0 amide bonds. The molecule has 76 valence electrons. The molecule has 0 aliphatic rings. The second-order valence-electron chi connectivity index (χ2n) is 2.65. The number of carbonyl (C=O) groups is 1. The summed E-state index contributed by atoms with van der Waals surface area (Å²) in [6.07, 6.45) is 0.889. The third-order valence-corrected chi connectivity index (χ3v) is 2.39. The van der Waals surface area contributed by atoms with Crippen LogP contribution in [0.25, 0.3) is 0 Å². The van der Waals surface area contributed by atoms with Crippen molar-refractivity contribution in [1.82, 2.24) is 0 Å². The molecule has 13 heavy (non-hydrogen) atoms. The molecule has 0 fully saturated rings.